The summed E-state index contributed by atoms with van der Waals surface area (Å²) >= 11 is 3.48. The van der Waals surface area contributed by atoms with Gasteiger partial charge in [-0.2, -0.15) is 5.10 Å². The molecule has 0 bridgehead atoms. The Labute approximate surface area is 94.7 Å². The van der Waals surface area contributed by atoms with Crippen molar-refractivity contribution in [2.75, 3.05) is 13.2 Å². The summed E-state index contributed by atoms with van der Waals surface area (Å²) in [5.41, 5.74) is 1.97. The zero-order chi connectivity index (χ0) is 10.3. The van der Waals surface area contributed by atoms with Gasteiger partial charge in [0.25, 0.3) is 0 Å². The molecule has 1 N–H and O–H groups in total. The van der Waals surface area contributed by atoms with Gasteiger partial charge in [-0.15, -0.1) is 0 Å². The first kappa shape index (κ1) is 9.33. The Kier molecular flexibility index (Phi) is 2.23. The van der Waals surface area contributed by atoms with E-state index in [1.807, 2.05) is 12.1 Å². The number of nitrogens with one attached hydrogen (secondary N) is 1. The second-order valence-corrected chi connectivity index (χ2v) is 4.22. The van der Waals surface area contributed by atoms with Crippen LogP contribution in [0.4, 0.5) is 0 Å². The smallest absolute Gasteiger partial charge is 0.186 e. The van der Waals surface area contributed by atoms with Crippen molar-refractivity contribution in [1.29, 1.82) is 0 Å². The van der Waals surface area contributed by atoms with Crippen LogP contribution in [0, 0.1) is 0 Å². The quantitative estimate of drug-likeness (QED) is 0.864. The van der Waals surface area contributed by atoms with Gasteiger partial charge in [0.2, 0.25) is 0 Å². The highest BCUT2D eigenvalue weighted by Gasteiger charge is 2.21. The first-order chi connectivity index (χ1) is 7.36. The van der Waals surface area contributed by atoms with Gasteiger partial charge in [-0.25, -0.2) is 0 Å². The molecule has 0 spiro atoms. The molecule has 2 heterocycles. The Morgan fingerprint density at radius 3 is 2.93 bits per heavy atom. The van der Waals surface area contributed by atoms with Gasteiger partial charge in [0.15, 0.2) is 6.29 Å². The summed E-state index contributed by atoms with van der Waals surface area (Å²) in [4.78, 5) is 0. The van der Waals surface area contributed by atoms with Gasteiger partial charge in [-0.3, -0.25) is 5.10 Å². The van der Waals surface area contributed by atoms with Crippen molar-refractivity contribution in [3.05, 3.63) is 28.4 Å². The standard InChI is InChI=1S/C10H9BrN2O2/c11-8-2-1-6(10-14-3-4-15-10)9-7(8)5-12-13-9/h1-2,5,10H,3-4H2,(H,12,13). The Hall–Kier alpha value is -0.910. The third-order valence-electron chi connectivity index (χ3n) is 2.47. The first-order valence-electron chi connectivity index (χ1n) is 4.71. The maximum Gasteiger partial charge on any atom is 0.186 e. The Morgan fingerprint density at radius 1 is 1.33 bits per heavy atom. The van der Waals surface area contributed by atoms with E-state index in [0.29, 0.717) is 13.2 Å². The van der Waals surface area contributed by atoms with E-state index < -0.39 is 0 Å². The maximum atomic E-state index is 5.47. The number of nitrogens with zero attached hydrogens (tertiary/aromatic N) is 1. The van der Waals surface area contributed by atoms with Crippen molar-refractivity contribution in [2.24, 2.45) is 0 Å². The molecule has 15 heavy (non-hydrogen) atoms. The maximum absolute atomic E-state index is 5.47. The molecule has 0 saturated carbocycles. The molecule has 1 fully saturated rings. The van der Waals surface area contributed by atoms with Crippen LogP contribution in [0.15, 0.2) is 22.8 Å². The second kappa shape index (κ2) is 3.59. The average Bonchev–Trinajstić information content (AvgIpc) is 2.88. The van der Waals surface area contributed by atoms with Crippen LogP contribution in [0.2, 0.25) is 0 Å². The summed E-state index contributed by atoms with van der Waals surface area (Å²) in [6.07, 6.45) is 1.53. The third-order valence-corrected chi connectivity index (χ3v) is 3.16. The van der Waals surface area contributed by atoms with Gasteiger partial charge >= 0.3 is 0 Å². The third kappa shape index (κ3) is 1.47. The van der Waals surface area contributed by atoms with E-state index in [2.05, 4.69) is 26.1 Å². The van der Waals surface area contributed by atoms with Crippen LogP contribution in [0.25, 0.3) is 10.9 Å². The lowest BCUT2D eigenvalue weighted by Crippen LogP contribution is -1.99. The molecule has 4 nitrogen and oxygen atoms in total. The molecule has 78 valence electrons. The number of aromatic nitrogens is 2. The van der Waals surface area contributed by atoms with E-state index in [-0.39, 0.29) is 6.29 Å². The van der Waals surface area contributed by atoms with E-state index in [9.17, 15) is 0 Å². The van der Waals surface area contributed by atoms with E-state index in [0.717, 1.165) is 20.9 Å². The fourth-order valence-corrected chi connectivity index (χ4v) is 2.19. The molecule has 1 aliphatic rings. The van der Waals surface area contributed by atoms with Crippen LogP contribution in [-0.2, 0) is 9.47 Å². The lowest BCUT2D eigenvalue weighted by Gasteiger charge is -2.10. The minimum Gasteiger partial charge on any atom is -0.346 e. The molecule has 0 atom stereocenters. The molecule has 0 amide bonds. The fourth-order valence-electron chi connectivity index (χ4n) is 1.76. The van der Waals surface area contributed by atoms with Crippen molar-refractivity contribution >= 4 is 26.8 Å². The van der Waals surface area contributed by atoms with Crippen LogP contribution in [0.5, 0.6) is 0 Å². The first-order valence-corrected chi connectivity index (χ1v) is 5.50. The Morgan fingerprint density at radius 2 is 2.13 bits per heavy atom. The number of rotatable bonds is 1. The normalized spacial score (nSPS) is 17.7. The summed E-state index contributed by atoms with van der Waals surface area (Å²) in [6, 6.07) is 3.97. The minimum absolute atomic E-state index is 0.263. The van der Waals surface area contributed by atoms with Gasteiger partial charge in [0, 0.05) is 15.4 Å². The largest absolute Gasteiger partial charge is 0.346 e. The predicted molar refractivity (Wildman–Crippen MR) is 58.4 cm³/mol. The molecule has 1 saturated heterocycles. The molecule has 1 aromatic heterocycles. The van der Waals surface area contributed by atoms with Crippen LogP contribution in [0.1, 0.15) is 11.9 Å². The molecule has 5 heteroatoms. The van der Waals surface area contributed by atoms with Crippen LogP contribution in [-0.4, -0.2) is 23.4 Å². The number of halogens is 1. The van der Waals surface area contributed by atoms with Crippen molar-refractivity contribution in [2.45, 2.75) is 6.29 Å². The Balaban J connectivity index is 2.17. The highest BCUT2D eigenvalue weighted by Crippen LogP contribution is 2.32. The average molecular weight is 269 g/mol. The molecule has 1 aromatic carbocycles. The topological polar surface area (TPSA) is 47.1 Å². The highest BCUT2D eigenvalue weighted by atomic mass is 79.9. The number of benzene rings is 1. The number of fused-ring (bicyclic) bond motifs is 1. The number of H-pyrrole nitrogens is 1. The summed E-state index contributed by atoms with van der Waals surface area (Å²) in [5.74, 6) is 0. The second-order valence-electron chi connectivity index (χ2n) is 3.37. The van der Waals surface area contributed by atoms with Crippen molar-refractivity contribution in [1.82, 2.24) is 10.2 Å². The minimum atomic E-state index is -0.263. The van der Waals surface area contributed by atoms with Crippen molar-refractivity contribution in [3.63, 3.8) is 0 Å². The molecule has 0 radical (unpaired) electrons. The summed E-state index contributed by atoms with van der Waals surface area (Å²) in [7, 11) is 0. The zero-order valence-corrected chi connectivity index (χ0v) is 9.45. The monoisotopic (exact) mass is 268 g/mol. The number of hydrogen-bond acceptors (Lipinski definition) is 3. The number of ether oxygens (including phenoxy) is 2. The SMILES string of the molecule is Brc1ccc(C2OCCO2)c2[nH]ncc12. The van der Waals surface area contributed by atoms with E-state index in [4.69, 9.17) is 9.47 Å². The summed E-state index contributed by atoms with van der Waals surface area (Å²) in [6.45, 7) is 1.30. The van der Waals surface area contributed by atoms with E-state index >= 15 is 0 Å². The van der Waals surface area contributed by atoms with Gasteiger partial charge in [0.05, 0.1) is 24.9 Å². The summed E-state index contributed by atoms with van der Waals surface area (Å²) < 4.78 is 12.0. The predicted octanol–water partition coefficient (Wildman–Crippen LogP) is 2.37. The lowest BCUT2D eigenvalue weighted by atomic mass is 10.1. The van der Waals surface area contributed by atoms with Gasteiger partial charge in [-0.1, -0.05) is 22.0 Å². The number of hydrogen-bond donors (Lipinski definition) is 1. The summed E-state index contributed by atoms with van der Waals surface area (Å²) in [5, 5.41) is 8.04. The van der Waals surface area contributed by atoms with Crippen LogP contribution >= 0.6 is 15.9 Å². The van der Waals surface area contributed by atoms with E-state index in [1.54, 1.807) is 6.20 Å². The zero-order valence-electron chi connectivity index (χ0n) is 7.87. The molecule has 0 aliphatic carbocycles. The number of aromatic amines is 1. The highest BCUT2D eigenvalue weighted by molar-refractivity contribution is 9.10. The molecule has 0 unspecified atom stereocenters. The molecular formula is C10H9BrN2O2. The van der Waals surface area contributed by atoms with E-state index in [1.165, 1.54) is 0 Å². The Bertz CT molecular complexity index is 491. The molecule has 2 aromatic rings. The lowest BCUT2D eigenvalue weighted by molar-refractivity contribution is -0.0431. The van der Waals surface area contributed by atoms with Crippen LogP contribution < -0.4 is 0 Å². The molecule has 1 aliphatic heterocycles. The van der Waals surface area contributed by atoms with Crippen molar-refractivity contribution in [3.8, 4) is 0 Å². The van der Waals surface area contributed by atoms with Gasteiger partial charge in [-0.05, 0) is 6.07 Å². The molecule has 3 rings (SSSR count). The van der Waals surface area contributed by atoms with Gasteiger partial charge < -0.3 is 9.47 Å². The van der Waals surface area contributed by atoms with Crippen LogP contribution in [0.3, 0.4) is 0 Å². The molecular weight excluding hydrogens is 260 g/mol. The van der Waals surface area contributed by atoms with Gasteiger partial charge in [0.1, 0.15) is 0 Å². The fraction of sp³-hybridized carbons (Fsp3) is 0.300. The van der Waals surface area contributed by atoms with Crippen molar-refractivity contribution < 1.29 is 9.47 Å².